The summed E-state index contributed by atoms with van der Waals surface area (Å²) < 4.78 is 30.0. The summed E-state index contributed by atoms with van der Waals surface area (Å²) >= 11 is 0. The average molecular weight is 349 g/mol. The highest BCUT2D eigenvalue weighted by Crippen LogP contribution is 2.34. The molecule has 8 heteroatoms. The van der Waals surface area contributed by atoms with E-state index in [9.17, 15) is 8.42 Å². The van der Waals surface area contributed by atoms with E-state index in [-0.39, 0.29) is 12.0 Å². The molecule has 0 radical (unpaired) electrons. The van der Waals surface area contributed by atoms with Crippen LogP contribution in [0.4, 0.5) is 0 Å². The summed E-state index contributed by atoms with van der Waals surface area (Å²) in [7, 11) is -0.393. The lowest BCUT2D eigenvalue weighted by atomic mass is 10.0. The smallest absolute Gasteiger partial charge is 0.246 e. The number of nitrogens with zero attached hydrogens (tertiary/aromatic N) is 5. The molecule has 0 unspecified atom stereocenters. The number of hydrogen-bond donors (Lipinski definition) is 0. The van der Waals surface area contributed by atoms with Crippen LogP contribution >= 0.6 is 0 Å². The highest BCUT2D eigenvalue weighted by Gasteiger charge is 2.40. The maximum absolute atomic E-state index is 12.7. The van der Waals surface area contributed by atoms with Gasteiger partial charge in [-0.3, -0.25) is 0 Å². The Morgan fingerprint density at radius 1 is 1.17 bits per heavy atom. The van der Waals surface area contributed by atoms with Crippen molar-refractivity contribution in [2.75, 3.05) is 20.6 Å². The Morgan fingerprint density at radius 2 is 1.83 bits per heavy atom. The first-order valence-electron chi connectivity index (χ1n) is 8.02. The van der Waals surface area contributed by atoms with Gasteiger partial charge in [0.15, 0.2) is 5.82 Å². The summed E-state index contributed by atoms with van der Waals surface area (Å²) in [6, 6.07) is 9.43. The monoisotopic (exact) mass is 349 g/mol. The molecule has 0 amide bonds. The van der Waals surface area contributed by atoms with E-state index in [1.54, 1.807) is 14.1 Å². The third-order valence-corrected chi connectivity index (χ3v) is 6.15. The van der Waals surface area contributed by atoms with E-state index in [2.05, 4.69) is 10.1 Å². The van der Waals surface area contributed by atoms with Gasteiger partial charge in [0.25, 0.3) is 10.2 Å². The quantitative estimate of drug-likeness (QED) is 0.843. The molecule has 0 fully saturated rings. The molecule has 0 aliphatic carbocycles. The summed E-state index contributed by atoms with van der Waals surface area (Å²) in [5.74, 6) is 1.44. The van der Waals surface area contributed by atoms with E-state index < -0.39 is 10.2 Å². The van der Waals surface area contributed by atoms with Crippen LogP contribution in [0.15, 0.2) is 30.3 Å². The predicted molar refractivity (Wildman–Crippen MR) is 92.3 cm³/mol. The SMILES string of the molecule is CC(C)[C@H]1c2nc(-c3ccccc3)nn2CCN1S(=O)(=O)N(C)C. The summed E-state index contributed by atoms with van der Waals surface area (Å²) in [4.78, 5) is 4.67. The molecule has 0 saturated carbocycles. The van der Waals surface area contributed by atoms with Crippen molar-refractivity contribution in [1.82, 2.24) is 23.4 Å². The second kappa shape index (κ2) is 6.27. The number of hydrogen-bond acceptors (Lipinski definition) is 4. The van der Waals surface area contributed by atoms with Crippen LogP contribution in [0.1, 0.15) is 25.7 Å². The van der Waals surface area contributed by atoms with Crippen LogP contribution in [0.3, 0.4) is 0 Å². The Kier molecular flexibility index (Phi) is 4.46. The van der Waals surface area contributed by atoms with Gasteiger partial charge in [0.05, 0.1) is 12.6 Å². The van der Waals surface area contributed by atoms with Crippen LogP contribution in [0.5, 0.6) is 0 Å². The van der Waals surface area contributed by atoms with E-state index in [0.717, 1.165) is 5.56 Å². The van der Waals surface area contributed by atoms with Gasteiger partial charge in [0, 0.05) is 26.2 Å². The van der Waals surface area contributed by atoms with Crippen molar-refractivity contribution in [3.63, 3.8) is 0 Å². The molecular formula is C16H23N5O2S. The minimum Gasteiger partial charge on any atom is -0.246 e. The van der Waals surface area contributed by atoms with Gasteiger partial charge in [0.2, 0.25) is 0 Å². The van der Waals surface area contributed by atoms with Crippen LogP contribution in [0.25, 0.3) is 11.4 Å². The third-order valence-electron chi connectivity index (χ3n) is 4.23. The number of aromatic nitrogens is 3. The molecule has 1 aromatic carbocycles. The third kappa shape index (κ3) is 2.85. The average Bonchev–Trinajstić information content (AvgIpc) is 2.98. The Morgan fingerprint density at radius 3 is 2.42 bits per heavy atom. The zero-order chi connectivity index (χ0) is 17.5. The van der Waals surface area contributed by atoms with Gasteiger partial charge in [0.1, 0.15) is 5.82 Å². The molecular weight excluding hydrogens is 326 g/mol. The highest BCUT2D eigenvalue weighted by molar-refractivity contribution is 7.86. The van der Waals surface area contributed by atoms with Crippen molar-refractivity contribution >= 4 is 10.2 Å². The lowest BCUT2D eigenvalue weighted by Gasteiger charge is -2.37. The van der Waals surface area contributed by atoms with Gasteiger partial charge >= 0.3 is 0 Å². The molecule has 3 rings (SSSR count). The first-order valence-corrected chi connectivity index (χ1v) is 9.41. The molecule has 0 N–H and O–H groups in total. The number of rotatable bonds is 4. The second-order valence-electron chi connectivity index (χ2n) is 6.47. The molecule has 1 aliphatic heterocycles. The van der Waals surface area contributed by atoms with E-state index in [1.165, 1.54) is 8.61 Å². The maximum atomic E-state index is 12.7. The van der Waals surface area contributed by atoms with Crippen LogP contribution in [-0.4, -0.2) is 52.4 Å². The number of benzene rings is 1. The van der Waals surface area contributed by atoms with Crippen molar-refractivity contribution in [2.45, 2.75) is 26.4 Å². The molecule has 0 bridgehead atoms. The van der Waals surface area contributed by atoms with Crippen molar-refractivity contribution < 1.29 is 8.42 Å². The Balaban J connectivity index is 2.06. The summed E-state index contributed by atoms with van der Waals surface area (Å²) in [5.41, 5.74) is 0.934. The van der Waals surface area contributed by atoms with Crippen LogP contribution < -0.4 is 0 Å². The van der Waals surface area contributed by atoms with Gasteiger partial charge in [-0.15, -0.1) is 0 Å². The van der Waals surface area contributed by atoms with Crippen molar-refractivity contribution in [2.24, 2.45) is 5.92 Å². The van der Waals surface area contributed by atoms with Crippen molar-refractivity contribution in [3.05, 3.63) is 36.2 Å². The van der Waals surface area contributed by atoms with Crippen molar-refractivity contribution in [1.29, 1.82) is 0 Å². The summed E-state index contributed by atoms with van der Waals surface area (Å²) in [6.45, 7) is 4.92. The van der Waals surface area contributed by atoms with E-state index in [1.807, 2.05) is 48.9 Å². The summed E-state index contributed by atoms with van der Waals surface area (Å²) in [6.07, 6.45) is 0. The van der Waals surface area contributed by atoms with Crippen LogP contribution in [0, 0.1) is 5.92 Å². The molecule has 1 aliphatic rings. The first-order chi connectivity index (χ1) is 11.3. The molecule has 0 saturated heterocycles. The van der Waals surface area contributed by atoms with Gasteiger partial charge in [-0.2, -0.15) is 22.1 Å². The van der Waals surface area contributed by atoms with E-state index in [4.69, 9.17) is 0 Å². The van der Waals surface area contributed by atoms with E-state index in [0.29, 0.717) is 24.7 Å². The van der Waals surface area contributed by atoms with Gasteiger partial charge in [-0.1, -0.05) is 44.2 Å². The van der Waals surface area contributed by atoms with Crippen molar-refractivity contribution in [3.8, 4) is 11.4 Å². The van der Waals surface area contributed by atoms with Crippen LogP contribution in [-0.2, 0) is 16.8 Å². The lowest BCUT2D eigenvalue weighted by molar-refractivity contribution is 0.193. The van der Waals surface area contributed by atoms with Crippen LogP contribution in [0.2, 0.25) is 0 Å². The Labute approximate surface area is 143 Å². The lowest BCUT2D eigenvalue weighted by Crippen LogP contribution is -2.48. The van der Waals surface area contributed by atoms with Gasteiger partial charge in [-0.05, 0) is 5.92 Å². The fraction of sp³-hybridized carbons (Fsp3) is 0.500. The minimum atomic E-state index is -3.51. The predicted octanol–water partition coefficient (Wildman–Crippen LogP) is 1.76. The Hall–Kier alpha value is -1.77. The largest absolute Gasteiger partial charge is 0.282 e. The molecule has 2 heterocycles. The number of fused-ring (bicyclic) bond motifs is 1. The first kappa shape index (κ1) is 17.1. The highest BCUT2D eigenvalue weighted by atomic mass is 32.2. The molecule has 1 atom stereocenters. The zero-order valence-electron chi connectivity index (χ0n) is 14.4. The van der Waals surface area contributed by atoms with Gasteiger partial charge < -0.3 is 0 Å². The fourth-order valence-electron chi connectivity index (χ4n) is 3.01. The summed E-state index contributed by atoms with van der Waals surface area (Å²) in [5, 5.41) is 4.59. The molecule has 2 aromatic rings. The minimum absolute atomic E-state index is 0.0894. The Bertz CT molecular complexity index is 814. The molecule has 0 spiro atoms. The van der Waals surface area contributed by atoms with E-state index >= 15 is 0 Å². The molecule has 24 heavy (non-hydrogen) atoms. The second-order valence-corrected chi connectivity index (χ2v) is 8.57. The molecule has 130 valence electrons. The molecule has 7 nitrogen and oxygen atoms in total. The zero-order valence-corrected chi connectivity index (χ0v) is 15.2. The maximum Gasteiger partial charge on any atom is 0.282 e. The normalized spacial score (nSPS) is 19.0. The molecule has 1 aromatic heterocycles. The standard InChI is InChI=1S/C16H23N5O2S/c1-12(2)14-16-17-15(13-8-6-5-7-9-13)18-20(16)10-11-21(14)24(22,23)19(3)4/h5-9,12,14H,10-11H2,1-4H3/t14-/m0/s1. The topological polar surface area (TPSA) is 71.3 Å². The van der Waals surface area contributed by atoms with Gasteiger partial charge in [-0.25, -0.2) is 9.67 Å². The fourth-order valence-corrected chi connectivity index (χ4v) is 4.36.